The molecule has 2 aromatic carbocycles. The van der Waals surface area contributed by atoms with Gasteiger partial charge in [-0.1, -0.05) is 18.1 Å². The number of halogens is 2. The normalized spacial score (nSPS) is 23.5. The van der Waals surface area contributed by atoms with Crippen molar-refractivity contribution in [2.24, 2.45) is 17.8 Å². The van der Waals surface area contributed by atoms with Crippen LogP contribution in [0.1, 0.15) is 65.1 Å². The van der Waals surface area contributed by atoms with Crippen molar-refractivity contribution >= 4 is 5.91 Å². The number of amides is 1. The first-order chi connectivity index (χ1) is 18.4. The summed E-state index contributed by atoms with van der Waals surface area (Å²) in [6.07, 6.45) is 4.40. The van der Waals surface area contributed by atoms with Gasteiger partial charge in [-0.15, -0.1) is 0 Å². The molecular formula is C30H30F2N4O2. The van der Waals surface area contributed by atoms with Crippen LogP contribution in [-0.2, 0) is 0 Å². The fourth-order valence-corrected chi connectivity index (χ4v) is 6.00. The highest BCUT2D eigenvalue weighted by Gasteiger charge is 2.40. The monoisotopic (exact) mass is 516 g/mol. The highest BCUT2D eigenvalue weighted by Crippen LogP contribution is 2.41. The third-order valence-corrected chi connectivity index (χ3v) is 8.02. The first kappa shape index (κ1) is 24.6. The molecule has 1 saturated heterocycles. The van der Waals surface area contributed by atoms with Crippen molar-refractivity contribution in [3.63, 3.8) is 0 Å². The Kier molecular flexibility index (Phi) is 6.40. The molecule has 3 fully saturated rings. The van der Waals surface area contributed by atoms with E-state index in [2.05, 4.69) is 34.2 Å². The average Bonchev–Trinajstić information content (AvgIpc) is 3.60. The van der Waals surface area contributed by atoms with Crippen molar-refractivity contribution in [2.45, 2.75) is 37.8 Å². The van der Waals surface area contributed by atoms with Crippen molar-refractivity contribution < 1.29 is 18.7 Å². The molecule has 0 spiro atoms. The van der Waals surface area contributed by atoms with Gasteiger partial charge in [0.1, 0.15) is 23.1 Å². The molecule has 2 unspecified atom stereocenters. The van der Waals surface area contributed by atoms with Crippen LogP contribution in [0.2, 0.25) is 0 Å². The molecule has 196 valence electrons. The van der Waals surface area contributed by atoms with E-state index in [1.807, 2.05) is 4.68 Å². The molecular weight excluding hydrogens is 486 g/mol. The maximum absolute atomic E-state index is 14.1. The molecule has 2 heterocycles. The molecule has 0 radical (unpaired) electrons. The molecule has 3 aliphatic rings. The summed E-state index contributed by atoms with van der Waals surface area (Å²) in [5.74, 6) is 6.76. The number of nitrogens with one attached hydrogen (secondary N) is 1. The van der Waals surface area contributed by atoms with E-state index >= 15 is 0 Å². The number of fused-ring (bicyclic) bond motifs is 2. The van der Waals surface area contributed by atoms with Gasteiger partial charge in [-0.3, -0.25) is 9.48 Å². The van der Waals surface area contributed by atoms with Crippen LogP contribution in [0.25, 0.3) is 0 Å². The summed E-state index contributed by atoms with van der Waals surface area (Å²) < 4.78 is 29.6. The highest BCUT2D eigenvalue weighted by molar-refractivity contribution is 5.93. The fraction of sp³-hybridized carbons (Fsp3) is 0.400. The summed E-state index contributed by atoms with van der Waals surface area (Å²) in [6, 6.07) is 10.1. The van der Waals surface area contributed by atoms with Gasteiger partial charge in [0.15, 0.2) is 5.69 Å². The maximum Gasteiger partial charge on any atom is 0.272 e. The van der Waals surface area contributed by atoms with Gasteiger partial charge in [0.2, 0.25) is 0 Å². The minimum atomic E-state index is -0.908. The summed E-state index contributed by atoms with van der Waals surface area (Å²) in [6.45, 7) is 2.15. The van der Waals surface area contributed by atoms with Crippen LogP contribution in [-0.4, -0.2) is 45.8 Å². The van der Waals surface area contributed by atoms with Gasteiger partial charge in [0.05, 0.1) is 12.1 Å². The van der Waals surface area contributed by atoms with E-state index in [1.54, 1.807) is 6.07 Å². The number of phenolic OH excluding ortho intramolecular Hbond substituents is 1. The van der Waals surface area contributed by atoms with E-state index in [1.165, 1.54) is 49.2 Å². The summed E-state index contributed by atoms with van der Waals surface area (Å²) in [7, 11) is 2.17. The Morgan fingerprint density at radius 2 is 1.71 bits per heavy atom. The van der Waals surface area contributed by atoms with E-state index in [4.69, 9.17) is 0 Å². The van der Waals surface area contributed by atoms with Gasteiger partial charge in [-0.25, -0.2) is 8.78 Å². The Balaban J connectivity index is 1.29. The van der Waals surface area contributed by atoms with Crippen LogP contribution in [0.15, 0.2) is 48.5 Å². The number of hydrogen-bond acceptors (Lipinski definition) is 4. The lowest BCUT2D eigenvalue weighted by Gasteiger charge is -2.33. The van der Waals surface area contributed by atoms with E-state index in [9.17, 15) is 18.7 Å². The first-order valence-electron chi connectivity index (χ1n) is 13.2. The number of benzene rings is 2. The number of carbonyl (C=O) groups excluding carboxylic acids is 1. The number of phenols is 1. The molecule has 1 amide bonds. The summed E-state index contributed by atoms with van der Waals surface area (Å²) >= 11 is 0. The quantitative estimate of drug-likeness (QED) is 0.484. The van der Waals surface area contributed by atoms with Crippen LogP contribution in [0.5, 0.6) is 5.75 Å². The zero-order chi connectivity index (χ0) is 26.4. The average molecular weight is 517 g/mol. The summed E-state index contributed by atoms with van der Waals surface area (Å²) in [5.41, 5.74) is 1.60. The number of likely N-dealkylation sites (tertiary alicyclic amines) is 1. The number of hydrogen-bond donors (Lipinski definition) is 2. The first-order valence-corrected chi connectivity index (χ1v) is 13.2. The van der Waals surface area contributed by atoms with Crippen molar-refractivity contribution in [2.75, 3.05) is 20.1 Å². The van der Waals surface area contributed by atoms with Gasteiger partial charge < -0.3 is 15.3 Å². The molecule has 1 aliphatic heterocycles. The Hall–Kier alpha value is -3.70. The summed E-state index contributed by atoms with van der Waals surface area (Å²) in [5, 5.41) is 17.9. The molecule has 3 aromatic rings. The SMILES string of the molecule is CN1C[C@H]2CC[C@@H](C1)C2C#Cc1cc(C(=O)NC(c2ccc(F)cc2)c2cc(F)ccc2O)nn1C1CC1. The Morgan fingerprint density at radius 3 is 2.39 bits per heavy atom. The van der Waals surface area contributed by atoms with E-state index < -0.39 is 23.6 Å². The zero-order valence-electron chi connectivity index (χ0n) is 21.2. The molecule has 38 heavy (non-hydrogen) atoms. The van der Waals surface area contributed by atoms with Crippen LogP contribution >= 0.6 is 0 Å². The smallest absolute Gasteiger partial charge is 0.272 e. The number of nitrogens with zero attached hydrogens (tertiary/aromatic N) is 3. The van der Waals surface area contributed by atoms with Crippen molar-refractivity contribution in [1.82, 2.24) is 20.0 Å². The molecule has 2 aliphatic carbocycles. The number of carbonyl (C=O) groups is 1. The fourth-order valence-electron chi connectivity index (χ4n) is 6.00. The van der Waals surface area contributed by atoms with Crippen molar-refractivity contribution in [1.29, 1.82) is 0 Å². The number of piperidine rings is 1. The van der Waals surface area contributed by atoms with E-state index in [0.717, 1.165) is 37.7 Å². The molecule has 6 nitrogen and oxygen atoms in total. The number of aromatic nitrogens is 2. The Labute approximate surface area is 220 Å². The predicted molar refractivity (Wildman–Crippen MR) is 138 cm³/mol. The molecule has 2 N–H and O–H groups in total. The molecule has 2 bridgehead atoms. The second-order valence-corrected chi connectivity index (χ2v) is 10.9. The van der Waals surface area contributed by atoms with Crippen LogP contribution in [0, 0.1) is 41.2 Å². The standard InChI is InChI=1S/C30H30F2N4O2/c1-35-16-19-2-3-20(17-35)25(19)12-11-24-15-27(34-36(24)23-9-10-23)30(38)33-29(18-4-6-21(31)7-5-18)26-14-22(32)8-13-28(26)37/h4-8,13-15,19-20,23,25,29,37H,2-3,9-10,16-17H2,1H3,(H,33,38)/t19-,20+,25?,29?. The molecule has 1 aromatic heterocycles. The minimum absolute atomic E-state index is 0.171. The Morgan fingerprint density at radius 1 is 1.03 bits per heavy atom. The van der Waals surface area contributed by atoms with Crippen molar-refractivity contribution in [3.8, 4) is 17.6 Å². The molecule has 6 rings (SSSR count). The van der Waals surface area contributed by atoms with Gasteiger partial charge in [-0.05, 0) is 86.4 Å². The van der Waals surface area contributed by atoms with Gasteiger partial charge >= 0.3 is 0 Å². The van der Waals surface area contributed by atoms with E-state index in [0.29, 0.717) is 23.3 Å². The third-order valence-electron chi connectivity index (χ3n) is 8.02. The van der Waals surface area contributed by atoms with E-state index in [-0.39, 0.29) is 23.0 Å². The molecule has 2 saturated carbocycles. The predicted octanol–water partition coefficient (Wildman–Crippen LogP) is 4.66. The van der Waals surface area contributed by atoms with Crippen molar-refractivity contribution in [3.05, 3.63) is 82.7 Å². The second-order valence-electron chi connectivity index (χ2n) is 10.9. The topological polar surface area (TPSA) is 70.4 Å². The molecule has 4 atom stereocenters. The third kappa shape index (κ3) is 4.91. The highest BCUT2D eigenvalue weighted by atomic mass is 19.1. The summed E-state index contributed by atoms with van der Waals surface area (Å²) in [4.78, 5) is 15.8. The van der Waals surface area contributed by atoms with Crippen LogP contribution in [0.4, 0.5) is 8.78 Å². The second kappa shape index (κ2) is 9.88. The minimum Gasteiger partial charge on any atom is -0.508 e. The lowest BCUT2D eigenvalue weighted by molar-refractivity contribution is 0.0936. The van der Waals surface area contributed by atoms with Crippen LogP contribution in [0.3, 0.4) is 0 Å². The van der Waals surface area contributed by atoms with Gasteiger partial charge in [-0.2, -0.15) is 5.10 Å². The van der Waals surface area contributed by atoms with Gasteiger partial charge in [0.25, 0.3) is 5.91 Å². The molecule has 8 heteroatoms. The zero-order valence-corrected chi connectivity index (χ0v) is 21.2. The lowest BCUT2D eigenvalue weighted by atomic mass is 9.86. The Bertz CT molecular complexity index is 1410. The van der Waals surface area contributed by atoms with Crippen LogP contribution < -0.4 is 5.32 Å². The lowest BCUT2D eigenvalue weighted by Crippen LogP contribution is -2.38. The van der Waals surface area contributed by atoms with Gasteiger partial charge in [0, 0.05) is 30.6 Å². The largest absolute Gasteiger partial charge is 0.508 e. The maximum atomic E-state index is 14.1. The number of rotatable bonds is 5. The number of aromatic hydroxyl groups is 1.